The summed E-state index contributed by atoms with van der Waals surface area (Å²) < 4.78 is 119. The lowest BCUT2D eigenvalue weighted by Crippen LogP contribution is -2.59. The van der Waals surface area contributed by atoms with Crippen molar-refractivity contribution in [1.29, 1.82) is 0 Å². The Balaban J connectivity index is 2.40. The molecule has 3 N–H and O–H groups in total. The molecule has 7 unspecified atom stereocenters. The standard InChI is InChI=1S/C17H23F9O4/c1-3-13(2,15(18,19)20)12(30-29)10-9-5-7(11(10)27)4-8(9)6-14(28,16(21,22)23)17(24,25)26/h7-12,27-29H,3-6H2,1-2H3. The quantitative estimate of drug-likeness (QED) is 0.304. The monoisotopic (exact) mass is 462 g/mol. The third kappa shape index (κ3) is 3.79. The molecule has 0 saturated heterocycles. The van der Waals surface area contributed by atoms with Gasteiger partial charge in [0.25, 0.3) is 5.60 Å². The average molecular weight is 462 g/mol. The Morgan fingerprint density at radius 3 is 1.77 bits per heavy atom. The van der Waals surface area contributed by atoms with Crippen molar-refractivity contribution in [2.24, 2.45) is 29.1 Å². The Morgan fingerprint density at radius 1 is 0.933 bits per heavy atom. The topological polar surface area (TPSA) is 69.9 Å². The largest absolute Gasteiger partial charge is 0.426 e. The van der Waals surface area contributed by atoms with Crippen molar-refractivity contribution in [1.82, 2.24) is 0 Å². The second kappa shape index (κ2) is 7.66. The van der Waals surface area contributed by atoms with Gasteiger partial charge in [0.15, 0.2) is 0 Å². The summed E-state index contributed by atoms with van der Waals surface area (Å²) >= 11 is 0. The lowest BCUT2D eigenvalue weighted by molar-refractivity contribution is -0.377. The van der Waals surface area contributed by atoms with E-state index >= 15 is 0 Å². The lowest BCUT2D eigenvalue weighted by Gasteiger charge is -2.46. The van der Waals surface area contributed by atoms with Crippen molar-refractivity contribution in [3.63, 3.8) is 0 Å². The predicted octanol–water partition coefficient (Wildman–Crippen LogP) is 4.70. The molecule has 0 aromatic carbocycles. The van der Waals surface area contributed by atoms with Crippen LogP contribution in [0, 0.1) is 29.1 Å². The van der Waals surface area contributed by atoms with Gasteiger partial charge in [0, 0.05) is 5.92 Å². The smallest absolute Gasteiger partial charge is 0.392 e. The van der Waals surface area contributed by atoms with Crippen LogP contribution in [0.4, 0.5) is 39.5 Å². The summed E-state index contributed by atoms with van der Waals surface area (Å²) in [6.07, 6.45) is -23.6. The van der Waals surface area contributed by atoms with Crippen LogP contribution in [-0.2, 0) is 4.89 Å². The Hall–Kier alpha value is -0.790. The first-order chi connectivity index (χ1) is 13.4. The average Bonchev–Trinajstić information content (AvgIpc) is 3.11. The maximum absolute atomic E-state index is 13.6. The van der Waals surface area contributed by atoms with Gasteiger partial charge in [-0.2, -0.15) is 39.5 Å². The molecule has 2 aliphatic carbocycles. The normalized spacial score (nSPS) is 33.6. The highest BCUT2D eigenvalue weighted by atomic mass is 19.4. The number of aliphatic hydroxyl groups is 2. The first kappa shape index (κ1) is 25.5. The van der Waals surface area contributed by atoms with Crippen molar-refractivity contribution in [3.8, 4) is 0 Å². The Labute approximate surface area is 165 Å². The van der Waals surface area contributed by atoms with Gasteiger partial charge in [-0.25, -0.2) is 4.89 Å². The molecule has 2 fully saturated rings. The molecule has 0 radical (unpaired) electrons. The number of rotatable bonds is 6. The van der Waals surface area contributed by atoms with Gasteiger partial charge < -0.3 is 10.2 Å². The van der Waals surface area contributed by atoms with E-state index < -0.39 is 78.3 Å². The minimum Gasteiger partial charge on any atom is -0.392 e. The Kier molecular flexibility index (Phi) is 6.51. The molecule has 2 aliphatic rings. The fourth-order valence-corrected chi connectivity index (χ4v) is 5.10. The number of aliphatic hydroxyl groups excluding tert-OH is 1. The zero-order valence-electron chi connectivity index (χ0n) is 15.9. The summed E-state index contributed by atoms with van der Waals surface area (Å²) in [6, 6.07) is 0. The van der Waals surface area contributed by atoms with E-state index in [4.69, 9.17) is 0 Å². The van der Waals surface area contributed by atoms with Crippen molar-refractivity contribution < 1.29 is 59.9 Å². The summed E-state index contributed by atoms with van der Waals surface area (Å²) in [5.74, 6) is -5.16. The van der Waals surface area contributed by atoms with Crippen LogP contribution < -0.4 is 0 Å². The van der Waals surface area contributed by atoms with Crippen LogP contribution in [0.3, 0.4) is 0 Å². The van der Waals surface area contributed by atoms with Crippen LogP contribution >= 0.6 is 0 Å². The summed E-state index contributed by atoms with van der Waals surface area (Å²) in [6.45, 7) is 1.83. The second-order valence-electron chi connectivity index (χ2n) is 8.58. The number of fused-ring (bicyclic) bond motifs is 2. The van der Waals surface area contributed by atoms with Crippen LogP contribution in [-0.4, -0.2) is 51.8 Å². The van der Waals surface area contributed by atoms with Crippen LogP contribution in [0.5, 0.6) is 0 Å². The zero-order valence-corrected chi connectivity index (χ0v) is 15.9. The van der Waals surface area contributed by atoms with Gasteiger partial charge >= 0.3 is 18.5 Å². The highest BCUT2D eigenvalue weighted by Crippen LogP contribution is 2.61. The Bertz CT molecular complexity index is 604. The third-order valence-corrected chi connectivity index (χ3v) is 7.13. The van der Waals surface area contributed by atoms with Crippen LogP contribution in [0.15, 0.2) is 0 Å². The van der Waals surface area contributed by atoms with E-state index in [0.717, 1.165) is 6.92 Å². The van der Waals surface area contributed by atoms with Crippen molar-refractivity contribution >= 4 is 0 Å². The van der Waals surface area contributed by atoms with Gasteiger partial charge in [0.1, 0.15) is 6.10 Å². The molecule has 2 bridgehead atoms. The first-order valence-electron chi connectivity index (χ1n) is 9.26. The van der Waals surface area contributed by atoms with Crippen molar-refractivity contribution in [2.75, 3.05) is 0 Å². The lowest BCUT2D eigenvalue weighted by atomic mass is 9.65. The highest BCUT2D eigenvalue weighted by molar-refractivity contribution is 5.09. The van der Waals surface area contributed by atoms with Crippen molar-refractivity contribution in [3.05, 3.63) is 0 Å². The minimum atomic E-state index is -6.06. The molecule has 2 rings (SSSR count). The maximum Gasteiger partial charge on any atom is 0.426 e. The van der Waals surface area contributed by atoms with E-state index in [0.29, 0.717) is 6.92 Å². The van der Waals surface area contributed by atoms with Gasteiger partial charge in [-0.3, -0.25) is 5.26 Å². The second-order valence-corrected chi connectivity index (χ2v) is 8.58. The molecule has 7 atom stereocenters. The van der Waals surface area contributed by atoms with E-state index in [1.54, 1.807) is 0 Å². The molecule has 2 saturated carbocycles. The Morgan fingerprint density at radius 2 is 1.43 bits per heavy atom. The third-order valence-electron chi connectivity index (χ3n) is 7.13. The molecule has 13 heteroatoms. The fraction of sp³-hybridized carbons (Fsp3) is 1.00. The summed E-state index contributed by atoms with van der Waals surface area (Å²) in [5, 5.41) is 29.1. The van der Waals surface area contributed by atoms with E-state index in [1.165, 1.54) is 0 Å². The predicted molar refractivity (Wildman–Crippen MR) is 82.8 cm³/mol. The summed E-state index contributed by atoms with van der Waals surface area (Å²) in [5.41, 5.74) is -7.76. The molecule has 0 aromatic rings. The molecule has 0 aromatic heterocycles. The minimum absolute atomic E-state index is 0.139. The van der Waals surface area contributed by atoms with Gasteiger partial charge in [-0.15, -0.1) is 0 Å². The zero-order chi connectivity index (χ0) is 23.5. The summed E-state index contributed by atoms with van der Waals surface area (Å²) in [4.78, 5) is 4.07. The number of alkyl halides is 9. The maximum atomic E-state index is 13.6. The molecule has 4 nitrogen and oxygen atoms in total. The van der Waals surface area contributed by atoms with Crippen LogP contribution in [0.25, 0.3) is 0 Å². The number of hydrogen-bond acceptors (Lipinski definition) is 4. The highest BCUT2D eigenvalue weighted by Gasteiger charge is 2.72. The molecule has 0 spiro atoms. The molecule has 178 valence electrons. The van der Waals surface area contributed by atoms with E-state index in [-0.39, 0.29) is 12.8 Å². The van der Waals surface area contributed by atoms with Crippen molar-refractivity contribution in [2.45, 2.75) is 75.9 Å². The molecule has 30 heavy (non-hydrogen) atoms. The van der Waals surface area contributed by atoms with E-state index in [1.807, 2.05) is 0 Å². The SMILES string of the molecule is CCC(C)(C(OO)C1C(O)C2CC(CC(O)(C(F)(F)F)C(F)(F)F)C1C2)C(F)(F)F. The first-order valence-corrected chi connectivity index (χ1v) is 9.26. The number of halogens is 9. The fourth-order valence-electron chi connectivity index (χ4n) is 5.10. The molecular weight excluding hydrogens is 439 g/mol. The van der Waals surface area contributed by atoms with Gasteiger partial charge in [-0.05, 0) is 50.4 Å². The van der Waals surface area contributed by atoms with Crippen LogP contribution in [0.1, 0.15) is 39.5 Å². The summed E-state index contributed by atoms with van der Waals surface area (Å²) in [7, 11) is 0. The van der Waals surface area contributed by atoms with Gasteiger partial charge in [0.2, 0.25) is 0 Å². The van der Waals surface area contributed by atoms with E-state index in [2.05, 4.69) is 4.89 Å². The number of hydrogen-bond donors (Lipinski definition) is 3. The van der Waals surface area contributed by atoms with E-state index in [9.17, 15) is 55.0 Å². The van der Waals surface area contributed by atoms with Gasteiger partial charge in [-0.1, -0.05) is 6.92 Å². The van der Waals surface area contributed by atoms with Crippen LogP contribution in [0.2, 0.25) is 0 Å². The molecular formula is C17H23F9O4. The molecule has 0 aliphatic heterocycles. The molecule has 0 amide bonds. The van der Waals surface area contributed by atoms with Gasteiger partial charge in [0.05, 0.1) is 11.5 Å². The molecule has 0 heterocycles.